The Balaban J connectivity index is 1.83. The van der Waals surface area contributed by atoms with Gasteiger partial charge in [-0.15, -0.1) is 0 Å². The van der Waals surface area contributed by atoms with Crippen LogP contribution in [0.5, 0.6) is 5.75 Å². The number of hydrogen-bond acceptors (Lipinski definition) is 7. The SMILES string of the molecule is C[C@@]12CCC(=O)c3coc(c31)C(=O)c1cc3cccc(OS(=O)(=O)[O-])c3cc12. The van der Waals surface area contributed by atoms with Crippen LogP contribution in [0.3, 0.4) is 0 Å². The molecule has 2 aliphatic carbocycles. The largest absolute Gasteiger partial charge is 0.716 e. The monoisotopic (exact) mass is 397 g/mol. The van der Waals surface area contributed by atoms with E-state index in [-0.39, 0.29) is 23.1 Å². The molecular weight excluding hydrogens is 384 g/mol. The Morgan fingerprint density at radius 1 is 1.18 bits per heavy atom. The number of furan rings is 1. The van der Waals surface area contributed by atoms with Crippen LogP contribution in [0.4, 0.5) is 0 Å². The molecular formula is C20H13O7S-. The van der Waals surface area contributed by atoms with E-state index in [4.69, 9.17) is 4.42 Å². The molecule has 5 rings (SSSR count). The summed E-state index contributed by atoms with van der Waals surface area (Å²) in [6, 6.07) is 7.95. The van der Waals surface area contributed by atoms with Gasteiger partial charge in [0.1, 0.15) is 12.0 Å². The lowest BCUT2D eigenvalue weighted by Gasteiger charge is -2.38. The molecule has 0 bridgehead atoms. The highest BCUT2D eigenvalue weighted by Crippen LogP contribution is 2.50. The van der Waals surface area contributed by atoms with Crippen molar-refractivity contribution in [3.8, 4) is 5.75 Å². The van der Waals surface area contributed by atoms with Gasteiger partial charge in [0.05, 0.1) is 5.56 Å². The van der Waals surface area contributed by atoms with Crippen molar-refractivity contribution in [2.45, 2.75) is 25.2 Å². The van der Waals surface area contributed by atoms with Gasteiger partial charge in [0.15, 0.2) is 11.5 Å². The molecule has 142 valence electrons. The Kier molecular flexibility index (Phi) is 3.25. The minimum atomic E-state index is -4.95. The van der Waals surface area contributed by atoms with Crippen LogP contribution in [0.1, 0.15) is 57.4 Å². The van der Waals surface area contributed by atoms with Crippen molar-refractivity contribution in [3.05, 3.63) is 64.6 Å². The fraction of sp³-hybridized carbons (Fsp3) is 0.200. The molecule has 0 radical (unpaired) electrons. The summed E-state index contributed by atoms with van der Waals surface area (Å²) in [5, 5.41) is 0.957. The van der Waals surface area contributed by atoms with Gasteiger partial charge in [-0.2, -0.15) is 0 Å². The maximum absolute atomic E-state index is 13.0. The number of ketones is 2. The zero-order valence-corrected chi connectivity index (χ0v) is 15.5. The van der Waals surface area contributed by atoms with E-state index in [0.29, 0.717) is 45.9 Å². The third-order valence-corrected chi connectivity index (χ3v) is 6.09. The van der Waals surface area contributed by atoms with Gasteiger partial charge in [-0.25, -0.2) is 8.42 Å². The summed E-state index contributed by atoms with van der Waals surface area (Å²) in [4.78, 5) is 25.3. The van der Waals surface area contributed by atoms with Crippen LogP contribution >= 0.6 is 0 Å². The van der Waals surface area contributed by atoms with Gasteiger partial charge < -0.3 is 13.2 Å². The van der Waals surface area contributed by atoms with Crippen LogP contribution in [0.25, 0.3) is 10.8 Å². The molecule has 0 saturated heterocycles. The molecule has 3 aromatic rings. The van der Waals surface area contributed by atoms with E-state index in [0.717, 1.165) is 0 Å². The number of benzene rings is 2. The van der Waals surface area contributed by atoms with Gasteiger partial charge in [0, 0.05) is 28.3 Å². The van der Waals surface area contributed by atoms with E-state index in [1.807, 2.05) is 6.92 Å². The maximum Gasteiger partial charge on any atom is 0.262 e. The quantitative estimate of drug-likeness (QED) is 0.482. The van der Waals surface area contributed by atoms with E-state index in [2.05, 4.69) is 4.18 Å². The summed E-state index contributed by atoms with van der Waals surface area (Å²) in [6.45, 7) is 1.93. The average Bonchev–Trinajstić information content (AvgIpc) is 3.09. The first-order chi connectivity index (χ1) is 13.2. The van der Waals surface area contributed by atoms with Gasteiger partial charge in [0.2, 0.25) is 5.78 Å². The molecule has 2 aromatic carbocycles. The minimum Gasteiger partial charge on any atom is -0.716 e. The number of rotatable bonds is 2. The Bertz CT molecular complexity index is 1320. The summed E-state index contributed by atoms with van der Waals surface area (Å²) < 4.78 is 43.4. The van der Waals surface area contributed by atoms with E-state index in [1.54, 1.807) is 24.3 Å². The molecule has 0 unspecified atom stereocenters. The van der Waals surface area contributed by atoms with E-state index in [9.17, 15) is 22.6 Å². The molecule has 28 heavy (non-hydrogen) atoms. The lowest BCUT2D eigenvalue weighted by Crippen LogP contribution is -2.37. The molecule has 7 nitrogen and oxygen atoms in total. The maximum atomic E-state index is 13.0. The number of carbonyl (C=O) groups excluding carboxylic acids is 2. The van der Waals surface area contributed by atoms with E-state index in [1.165, 1.54) is 12.3 Å². The van der Waals surface area contributed by atoms with Crippen molar-refractivity contribution < 1.29 is 31.2 Å². The highest BCUT2D eigenvalue weighted by atomic mass is 32.3. The second-order valence-electron chi connectivity index (χ2n) is 7.30. The van der Waals surface area contributed by atoms with Crippen LogP contribution in [-0.2, 0) is 15.8 Å². The number of Topliss-reactive ketones (excluding diaryl/α,β-unsaturated/α-hetero) is 1. The standard InChI is InChI=1S/C20H14O7S/c1-20-6-5-15(21)13-9-26-19(17(13)20)18(22)12-7-10-3-2-4-16(27-28(23,24)25)11(10)8-14(12)20/h2-4,7-9H,5-6H2,1H3,(H,23,24,25)/p-1/t20-/m0/s1. The Morgan fingerprint density at radius 3 is 2.71 bits per heavy atom. The van der Waals surface area contributed by atoms with Crippen LogP contribution in [-0.4, -0.2) is 24.5 Å². The molecule has 0 fully saturated rings. The summed E-state index contributed by atoms with van der Waals surface area (Å²) in [5.41, 5.74) is 1.43. The molecule has 1 aromatic heterocycles. The first-order valence-corrected chi connectivity index (χ1v) is 9.95. The first-order valence-electron chi connectivity index (χ1n) is 8.61. The van der Waals surface area contributed by atoms with Crippen molar-refractivity contribution >= 4 is 32.7 Å². The highest BCUT2D eigenvalue weighted by molar-refractivity contribution is 7.81. The lowest BCUT2D eigenvalue weighted by atomic mass is 9.62. The Morgan fingerprint density at radius 2 is 1.96 bits per heavy atom. The molecule has 8 heteroatoms. The third-order valence-electron chi connectivity index (χ3n) is 5.71. The van der Waals surface area contributed by atoms with Crippen LogP contribution in [0.2, 0.25) is 0 Å². The summed E-state index contributed by atoms with van der Waals surface area (Å²) >= 11 is 0. The number of carbonyl (C=O) groups is 2. The smallest absolute Gasteiger partial charge is 0.262 e. The molecule has 0 N–H and O–H groups in total. The fourth-order valence-corrected chi connectivity index (χ4v) is 4.78. The lowest BCUT2D eigenvalue weighted by molar-refractivity contribution is 0.0958. The Labute approximate surface area is 159 Å². The van der Waals surface area contributed by atoms with Crippen LogP contribution in [0, 0.1) is 0 Å². The topological polar surface area (TPSA) is 114 Å². The second kappa shape index (κ2) is 5.30. The zero-order valence-electron chi connectivity index (χ0n) is 14.6. The Hall–Kier alpha value is -2.97. The van der Waals surface area contributed by atoms with Gasteiger partial charge in [0.25, 0.3) is 10.4 Å². The molecule has 1 atom stereocenters. The summed E-state index contributed by atoms with van der Waals surface area (Å²) in [5.74, 6) is -0.322. The zero-order chi connectivity index (χ0) is 19.8. The van der Waals surface area contributed by atoms with Gasteiger partial charge >= 0.3 is 0 Å². The molecule has 1 heterocycles. The van der Waals surface area contributed by atoms with Crippen molar-refractivity contribution in [1.82, 2.24) is 0 Å². The van der Waals surface area contributed by atoms with Gasteiger partial charge in [-0.05, 0) is 35.6 Å². The molecule has 0 spiro atoms. The van der Waals surface area contributed by atoms with Crippen molar-refractivity contribution in [1.29, 1.82) is 0 Å². The summed E-state index contributed by atoms with van der Waals surface area (Å²) in [7, 11) is -4.95. The normalized spacial score (nSPS) is 20.8. The van der Waals surface area contributed by atoms with Gasteiger partial charge in [-0.3, -0.25) is 9.59 Å². The first kappa shape index (κ1) is 17.2. The third kappa shape index (κ3) is 2.22. The summed E-state index contributed by atoms with van der Waals surface area (Å²) in [6.07, 6.45) is 2.13. The highest BCUT2D eigenvalue weighted by Gasteiger charge is 2.48. The van der Waals surface area contributed by atoms with Crippen LogP contribution in [0.15, 0.2) is 41.0 Å². The molecule has 0 aliphatic heterocycles. The van der Waals surface area contributed by atoms with Crippen molar-refractivity contribution in [3.63, 3.8) is 0 Å². The predicted molar refractivity (Wildman–Crippen MR) is 96.4 cm³/mol. The van der Waals surface area contributed by atoms with E-state index < -0.39 is 15.8 Å². The second-order valence-corrected chi connectivity index (χ2v) is 8.29. The van der Waals surface area contributed by atoms with Gasteiger partial charge in [-0.1, -0.05) is 19.1 Å². The molecule has 0 amide bonds. The van der Waals surface area contributed by atoms with Crippen molar-refractivity contribution in [2.24, 2.45) is 0 Å². The van der Waals surface area contributed by atoms with Crippen LogP contribution < -0.4 is 4.18 Å². The minimum absolute atomic E-state index is 0.0685. The predicted octanol–water partition coefficient (Wildman–Crippen LogP) is 3.10. The van der Waals surface area contributed by atoms with Crippen molar-refractivity contribution in [2.75, 3.05) is 0 Å². The average molecular weight is 397 g/mol. The molecule has 0 saturated carbocycles. The number of fused-ring (bicyclic) bond motifs is 3. The number of hydrogen-bond donors (Lipinski definition) is 0. The molecule has 2 aliphatic rings. The fourth-order valence-electron chi connectivity index (χ4n) is 4.42. The van der Waals surface area contributed by atoms with E-state index >= 15 is 0 Å².